The number of para-hydroxylation sites is 3. The summed E-state index contributed by atoms with van der Waals surface area (Å²) in [7, 11) is 0. The summed E-state index contributed by atoms with van der Waals surface area (Å²) in [6.45, 7) is 0. The van der Waals surface area contributed by atoms with Gasteiger partial charge in [-0.3, -0.25) is 9.47 Å². The third kappa shape index (κ3) is 3.28. The number of hydrogen-bond acceptors (Lipinski definition) is 4. The van der Waals surface area contributed by atoms with Crippen LogP contribution in [-0.4, -0.2) is 19.5 Å². The Morgan fingerprint density at radius 1 is 0.524 bits per heavy atom. The molecule has 5 heteroatoms. The molecule has 0 unspecified atom stereocenters. The van der Waals surface area contributed by atoms with Crippen molar-refractivity contribution in [3.63, 3.8) is 0 Å². The monoisotopic (exact) mass is 542 g/mol. The first-order chi connectivity index (χ1) is 22.9. The van der Waals surface area contributed by atoms with Crippen LogP contribution in [0.2, 0.25) is 0 Å². The highest BCUT2D eigenvalue weighted by atomic mass is 15.3. The van der Waals surface area contributed by atoms with Gasteiger partial charge in [0.15, 0.2) is 5.82 Å². The normalized spacial score (nSPS) is 13.9. The molecule has 1 aliphatic rings. The quantitative estimate of drug-likeness (QED) is 0.223. The molecule has 8 aromatic rings. The Morgan fingerprint density at radius 2 is 1.14 bits per heavy atom. The van der Waals surface area contributed by atoms with Crippen LogP contribution in [0.3, 0.4) is 0 Å². The molecule has 9 rings (SSSR count). The van der Waals surface area contributed by atoms with Gasteiger partial charge in [0.1, 0.15) is 0 Å². The maximum atomic E-state index is 8.81. The second kappa shape index (κ2) is 8.85. The lowest BCUT2D eigenvalue weighted by Crippen LogP contribution is -2.19. The van der Waals surface area contributed by atoms with Gasteiger partial charge in [0.2, 0.25) is 11.9 Å². The molecule has 6 aromatic carbocycles. The first-order valence-electron chi connectivity index (χ1n) is 16.2. The number of benzene rings is 6. The molecule has 196 valence electrons. The van der Waals surface area contributed by atoms with Crippen molar-refractivity contribution in [1.29, 1.82) is 0 Å². The Bertz CT molecular complexity index is 2530. The predicted molar refractivity (Wildman–Crippen MR) is 171 cm³/mol. The van der Waals surface area contributed by atoms with E-state index in [1.165, 1.54) is 0 Å². The molecule has 2 aromatic heterocycles. The van der Waals surface area contributed by atoms with Gasteiger partial charge in [0.05, 0.1) is 29.3 Å². The molecule has 0 saturated carbocycles. The summed E-state index contributed by atoms with van der Waals surface area (Å²) in [6, 6.07) is 34.2. The number of rotatable bonds is 3. The number of anilines is 3. The Kier molecular flexibility index (Phi) is 3.90. The van der Waals surface area contributed by atoms with Crippen molar-refractivity contribution in [2.24, 2.45) is 0 Å². The highest BCUT2D eigenvalue weighted by Crippen LogP contribution is 2.50. The van der Waals surface area contributed by atoms with Crippen LogP contribution in [0.1, 0.15) is 6.85 Å². The summed E-state index contributed by atoms with van der Waals surface area (Å²) in [6.07, 6.45) is 0. The van der Waals surface area contributed by atoms with E-state index in [0.29, 0.717) is 0 Å². The lowest BCUT2D eigenvalue weighted by Gasteiger charge is -2.32. The summed E-state index contributed by atoms with van der Waals surface area (Å²) in [4.78, 5) is 16.9. The molecule has 0 amide bonds. The van der Waals surface area contributed by atoms with Crippen LogP contribution < -0.4 is 4.90 Å². The Labute approximate surface area is 249 Å². The molecule has 0 N–H and O–H groups in total. The largest absolute Gasteiger partial charge is 0.278 e. The van der Waals surface area contributed by atoms with Gasteiger partial charge in [0, 0.05) is 27.3 Å². The van der Waals surface area contributed by atoms with Gasteiger partial charge >= 0.3 is 0 Å². The summed E-state index contributed by atoms with van der Waals surface area (Å²) in [5, 5.41) is 4.12. The molecule has 0 atom stereocenters. The van der Waals surface area contributed by atoms with Gasteiger partial charge in [0.25, 0.3) is 0 Å². The zero-order valence-corrected chi connectivity index (χ0v) is 22.1. The topological polar surface area (TPSA) is 46.8 Å². The van der Waals surface area contributed by atoms with E-state index in [-0.39, 0.29) is 35.4 Å². The maximum Gasteiger partial charge on any atom is 0.240 e. The number of aromatic nitrogens is 4. The molecule has 1 aliphatic heterocycles. The molecule has 5 nitrogen and oxygen atoms in total. The number of fused-ring (bicyclic) bond motifs is 5. The van der Waals surface area contributed by atoms with Crippen LogP contribution >= 0.6 is 0 Å². The molecule has 0 fully saturated rings. The lowest BCUT2D eigenvalue weighted by molar-refractivity contribution is 0.933. The molecule has 0 aliphatic carbocycles. The van der Waals surface area contributed by atoms with E-state index in [2.05, 4.69) is 24.3 Å². The molecule has 0 radical (unpaired) electrons. The average molecular weight is 543 g/mol. The lowest BCUT2D eigenvalue weighted by atomic mass is 9.91. The van der Waals surface area contributed by atoms with Crippen molar-refractivity contribution in [3.05, 3.63) is 139 Å². The third-order valence-corrected chi connectivity index (χ3v) is 7.87. The first kappa shape index (κ1) is 18.5. The van der Waals surface area contributed by atoms with E-state index in [0.717, 1.165) is 55.1 Å². The predicted octanol–water partition coefficient (Wildman–Crippen LogP) is 9.24. The van der Waals surface area contributed by atoms with Gasteiger partial charge in [-0.25, -0.2) is 0 Å². The van der Waals surface area contributed by atoms with Gasteiger partial charge in [-0.05, 0) is 35.2 Å². The van der Waals surface area contributed by atoms with Crippen LogP contribution in [0.5, 0.6) is 0 Å². The fourth-order valence-corrected chi connectivity index (χ4v) is 6.14. The van der Waals surface area contributed by atoms with Crippen molar-refractivity contribution >= 4 is 49.9 Å². The van der Waals surface area contributed by atoms with Crippen molar-refractivity contribution in [3.8, 4) is 28.5 Å². The minimum Gasteiger partial charge on any atom is -0.278 e. The second-order valence-electron chi connectivity index (χ2n) is 10.2. The van der Waals surface area contributed by atoms with E-state index in [9.17, 15) is 0 Å². The summed E-state index contributed by atoms with van der Waals surface area (Å²) < 4.78 is 44.6. The average Bonchev–Trinajstić information content (AvgIpc) is 3.45. The minimum atomic E-state index is -0.478. The fourth-order valence-electron chi connectivity index (χ4n) is 6.14. The van der Waals surface area contributed by atoms with Gasteiger partial charge < -0.3 is 0 Å². The van der Waals surface area contributed by atoms with Crippen LogP contribution in [0.25, 0.3) is 61.0 Å². The SMILES string of the molecule is [2H]c1c([2H])c([2H])c(-c2nc(N3c4ccccc4-c4cccc5cccc3c45)nc(-n3c4ccccc4c4ccccc43)n2)c([2H])c1[2H]. The molecule has 0 spiro atoms. The van der Waals surface area contributed by atoms with Crippen LogP contribution in [-0.2, 0) is 0 Å². The van der Waals surface area contributed by atoms with E-state index < -0.39 is 18.1 Å². The third-order valence-electron chi connectivity index (χ3n) is 7.87. The van der Waals surface area contributed by atoms with E-state index in [1.807, 2.05) is 94.4 Å². The zero-order valence-electron chi connectivity index (χ0n) is 27.1. The molecular formula is C37H23N5. The van der Waals surface area contributed by atoms with Crippen molar-refractivity contribution in [1.82, 2.24) is 19.5 Å². The molecule has 0 saturated heterocycles. The van der Waals surface area contributed by atoms with E-state index in [4.69, 9.17) is 21.8 Å². The molecular weight excluding hydrogens is 514 g/mol. The van der Waals surface area contributed by atoms with Crippen LogP contribution in [0.4, 0.5) is 17.3 Å². The summed E-state index contributed by atoms with van der Waals surface area (Å²) in [5.41, 5.74) is 5.44. The number of hydrogen-bond donors (Lipinski definition) is 0. The second-order valence-corrected chi connectivity index (χ2v) is 10.2. The van der Waals surface area contributed by atoms with E-state index in [1.54, 1.807) is 0 Å². The zero-order chi connectivity index (χ0) is 32.0. The van der Waals surface area contributed by atoms with Crippen LogP contribution in [0.15, 0.2) is 139 Å². The van der Waals surface area contributed by atoms with Gasteiger partial charge in [-0.1, -0.05) is 115 Å². The Hall–Kier alpha value is -5.81. The molecule has 3 heterocycles. The van der Waals surface area contributed by atoms with Crippen LogP contribution in [0, 0.1) is 0 Å². The Morgan fingerprint density at radius 3 is 1.93 bits per heavy atom. The highest BCUT2D eigenvalue weighted by Gasteiger charge is 2.28. The first-order valence-corrected chi connectivity index (χ1v) is 13.7. The summed E-state index contributed by atoms with van der Waals surface area (Å²) in [5.74, 6) is 0.498. The van der Waals surface area contributed by atoms with Gasteiger partial charge in [-0.15, -0.1) is 0 Å². The smallest absolute Gasteiger partial charge is 0.240 e. The van der Waals surface area contributed by atoms with Crippen molar-refractivity contribution in [2.45, 2.75) is 0 Å². The molecule has 42 heavy (non-hydrogen) atoms. The minimum absolute atomic E-state index is 0.0209. The van der Waals surface area contributed by atoms with Crippen molar-refractivity contribution in [2.75, 3.05) is 4.90 Å². The number of nitrogens with zero attached hydrogens (tertiary/aromatic N) is 5. The fraction of sp³-hybridized carbons (Fsp3) is 0. The summed E-state index contributed by atoms with van der Waals surface area (Å²) >= 11 is 0. The van der Waals surface area contributed by atoms with Gasteiger partial charge in [-0.2, -0.15) is 15.0 Å². The standard InChI is InChI=1S/C37H23N5/c1-2-12-25(13-3-1)35-38-36(41-30-20-7-4-16-26(30)27-17-5-8-21-31(27)41)40-37(39-35)42-32-22-9-6-18-28(32)29-19-10-14-24-15-11-23-33(42)34(24)29/h1-23H/i1D,2D,3D,12D,13D. The van der Waals surface area contributed by atoms with Crippen molar-refractivity contribution < 1.29 is 6.85 Å². The Balaban J connectivity index is 1.42. The van der Waals surface area contributed by atoms with E-state index >= 15 is 0 Å². The molecule has 0 bridgehead atoms. The maximum absolute atomic E-state index is 8.81. The highest BCUT2D eigenvalue weighted by molar-refractivity contribution is 6.13.